The van der Waals surface area contributed by atoms with Gasteiger partial charge in [0, 0.05) is 31.2 Å². The van der Waals surface area contributed by atoms with Crippen LogP contribution in [-0.2, 0) is 14.3 Å². The molecule has 5 nitrogen and oxygen atoms in total. The zero-order valence-electron chi connectivity index (χ0n) is 12.0. The molecule has 1 aromatic carbocycles. The van der Waals surface area contributed by atoms with Crippen molar-refractivity contribution in [3.05, 3.63) is 29.8 Å². The van der Waals surface area contributed by atoms with E-state index in [0.717, 1.165) is 26.2 Å². The Hall–Kier alpha value is -1.90. The normalized spacial score (nSPS) is 17.4. The minimum atomic E-state index is -0.0347. The monoisotopic (exact) mass is 288 g/mol. The molecule has 1 aliphatic heterocycles. The van der Waals surface area contributed by atoms with Crippen LogP contribution >= 0.6 is 0 Å². The minimum Gasteiger partial charge on any atom is -0.381 e. The number of benzene rings is 1. The van der Waals surface area contributed by atoms with Crippen LogP contribution in [0.3, 0.4) is 0 Å². The first-order valence-electron chi connectivity index (χ1n) is 7.23. The molecule has 112 valence electrons. The fraction of sp³-hybridized carbons (Fsp3) is 0.500. The summed E-state index contributed by atoms with van der Waals surface area (Å²) in [6.07, 6.45) is 2.20. The molecule has 1 heterocycles. The Kier molecular flexibility index (Phi) is 6.20. The number of ether oxygens (including phenoxy) is 2. The van der Waals surface area contributed by atoms with Crippen molar-refractivity contribution in [2.45, 2.75) is 19.3 Å². The molecule has 1 unspecified atom stereocenters. The molecule has 0 spiro atoms. The third-order valence-electron chi connectivity index (χ3n) is 3.37. The van der Waals surface area contributed by atoms with Gasteiger partial charge in [-0.15, -0.1) is 0 Å². The van der Waals surface area contributed by atoms with Crippen molar-refractivity contribution in [3.63, 3.8) is 0 Å². The van der Waals surface area contributed by atoms with Crippen molar-refractivity contribution in [1.82, 2.24) is 0 Å². The van der Waals surface area contributed by atoms with Crippen LogP contribution in [0.15, 0.2) is 24.3 Å². The Balaban J connectivity index is 1.57. The molecule has 1 fully saturated rings. The Morgan fingerprint density at radius 1 is 1.43 bits per heavy atom. The molecule has 1 saturated heterocycles. The highest BCUT2D eigenvalue weighted by atomic mass is 16.5. The van der Waals surface area contributed by atoms with E-state index in [9.17, 15) is 4.79 Å². The van der Waals surface area contributed by atoms with Gasteiger partial charge >= 0.3 is 0 Å². The van der Waals surface area contributed by atoms with E-state index in [1.165, 1.54) is 0 Å². The first-order valence-corrected chi connectivity index (χ1v) is 7.23. The summed E-state index contributed by atoms with van der Waals surface area (Å²) >= 11 is 0. The Morgan fingerprint density at radius 2 is 2.24 bits per heavy atom. The first-order chi connectivity index (χ1) is 10.3. The van der Waals surface area contributed by atoms with E-state index in [1.807, 2.05) is 6.07 Å². The summed E-state index contributed by atoms with van der Waals surface area (Å²) in [4.78, 5) is 11.7. The topological polar surface area (TPSA) is 71.4 Å². The Morgan fingerprint density at radius 3 is 2.90 bits per heavy atom. The number of amides is 1. The standard InChI is InChI=1S/C16H20N2O3/c17-10-13-3-5-15(6-4-13)18-16(19)2-1-8-20-11-14-7-9-21-12-14/h3-6,14H,1-2,7-9,11-12H2,(H,18,19). The maximum atomic E-state index is 11.7. The molecule has 1 atom stereocenters. The Bertz CT molecular complexity index is 487. The van der Waals surface area contributed by atoms with E-state index >= 15 is 0 Å². The maximum absolute atomic E-state index is 11.7. The Labute approximate surface area is 124 Å². The highest BCUT2D eigenvalue weighted by Crippen LogP contribution is 2.13. The third kappa shape index (κ3) is 5.54. The predicted octanol–water partition coefficient (Wildman–Crippen LogP) is 2.33. The number of hydrogen-bond acceptors (Lipinski definition) is 4. The van der Waals surface area contributed by atoms with Crippen molar-refractivity contribution < 1.29 is 14.3 Å². The smallest absolute Gasteiger partial charge is 0.224 e. The summed E-state index contributed by atoms with van der Waals surface area (Å²) < 4.78 is 10.8. The van der Waals surface area contributed by atoms with E-state index in [1.54, 1.807) is 24.3 Å². The van der Waals surface area contributed by atoms with Gasteiger partial charge in [-0.1, -0.05) is 0 Å². The van der Waals surface area contributed by atoms with Crippen LogP contribution < -0.4 is 5.32 Å². The van der Waals surface area contributed by atoms with Gasteiger partial charge < -0.3 is 14.8 Å². The molecule has 0 aliphatic carbocycles. The number of nitrogens with one attached hydrogen (secondary N) is 1. The van der Waals surface area contributed by atoms with Crippen molar-refractivity contribution in [1.29, 1.82) is 5.26 Å². The molecule has 1 amide bonds. The molecular weight excluding hydrogens is 268 g/mol. The van der Waals surface area contributed by atoms with Gasteiger partial charge in [-0.25, -0.2) is 0 Å². The molecular formula is C16H20N2O3. The molecule has 1 aromatic rings. The SMILES string of the molecule is N#Cc1ccc(NC(=O)CCCOCC2CCOC2)cc1. The maximum Gasteiger partial charge on any atom is 0.224 e. The van der Waals surface area contributed by atoms with E-state index < -0.39 is 0 Å². The van der Waals surface area contributed by atoms with Crippen molar-refractivity contribution in [2.24, 2.45) is 5.92 Å². The van der Waals surface area contributed by atoms with Crippen LogP contribution in [0, 0.1) is 17.2 Å². The van der Waals surface area contributed by atoms with Crippen LogP contribution in [0.2, 0.25) is 0 Å². The third-order valence-corrected chi connectivity index (χ3v) is 3.37. The number of nitrogens with zero attached hydrogens (tertiary/aromatic N) is 1. The van der Waals surface area contributed by atoms with E-state index in [4.69, 9.17) is 14.7 Å². The lowest BCUT2D eigenvalue weighted by atomic mass is 10.1. The lowest BCUT2D eigenvalue weighted by Crippen LogP contribution is -2.14. The summed E-state index contributed by atoms with van der Waals surface area (Å²) in [5.74, 6) is 0.477. The molecule has 0 saturated carbocycles. The second-order valence-corrected chi connectivity index (χ2v) is 5.15. The van der Waals surface area contributed by atoms with Gasteiger partial charge in [0.1, 0.15) is 0 Å². The number of rotatable bonds is 7. The van der Waals surface area contributed by atoms with Gasteiger partial charge in [-0.3, -0.25) is 4.79 Å². The molecule has 1 N–H and O–H groups in total. The van der Waals surface area contributed by atoms with E-state index in [0.29, 0.717) is 36.6 Å². The zero-order chi connectivity index (χ0) is 14.9. The van der Waals surface area contributed by atoms with Crippen LogP contribution in [0.4, 0.5) is 5.69 Å². The molecule has 21 heavy (non-hydrogen) atoms. The van der Waals surface area contributed by atoms with E-state index in [-0.39, 0.29) is 5.91 Å². The lowest BCUT2D eigenvalue weighted by molar-refractivity contribution is -0.116. The van der Waals surface area contributed by atoms with Gasteiger partial charge in [0.25, 0.3) is 0 Å². The van der Waals surface area contributed by atoms with Crippen molar-refractivity contribution in [2.75, 3.05) is 31.7 Å². The number of hydrogen-bond donors (Lipinski definition) is 1. The average molecular weight is 288 g/mol. The van der Waals surface area contributed by atoms with E-state index in [2.05, 4.69) is 5.32 Å². The quantitative estimate of drug-likeness (QED) is 0.782. The van der Waals surface area contributed by atoms with Crippen LogP contribution in [0.5, 0.6) is 0 Å². The highest BCUT2D eigenvalue weighted by Gasteiger charge is 2.15. The summed E-state index contributed by atoms with van der Waals surface area (Å²) in [7, 11) is 0. The highest BCUT2D eigenvalue weighted by molar-refractivity contribution is 5.90. The first kappa shape index (κ1) is 15.5. The molecule has 5 heteroatoms. The van der Waals surface area contributed by atoms with Gasteiger partial charge in [0.15, 0.2) is 0 Å². The van der Waals surface area contributed by atoms with Crippen LogP contribution in [-0.4, -0.2) is 32.3 Å². The van der Waals surface area contributed by atoms with Gasteiger partial charge in [-0.2, -0.15) is 5.26 Å². The van der Waals surface area contributed by atoms with Crippen LogP contribution in [0.1, 0.15) is 24.8 Å². The van der Waals surface area contributed by atoms with Crippen molar-refractivity contribution >= 4 is 11.6 Å². The second-order valence-electron chi connectivity index (χ2n) is 5.15. The fourth-order valence-corrected chi connectivity index (χ4v) is 2.15. The minimum absolute atomic E-state index is 0.0347. The molecule has 0 bridgehead atoms. The molecule has 1 aliphatic rings. The molecule has 0 radical (unpaired) electrons. The van der Waals surface area contributed by atoms with Gasteiger partial charge in [-0.05, 0) is 37.1 Å². The number of carbonyl (C=O) groups excluding carboxylic acids is 1. The summed E-state index contributed by atoms with van der Waals surface area (Å²) in [6.45, 7) is 2.94. The largest absolute Gasteiger partial charge is 0.381 e. The van der Waals surface area contributed by atoms with Crippen molar-refractivity contribution in [3.8, 4) is 6.07 Å². The van der Waals surface area contributed by atoms with Gasteiger partial charge in [0.2, 0.25) is 5.91 Å². The summed E-state index contributed by atoms with van der Waals surface area (Å²) in [6, 6.07) is 8.87. The zero-order valence-corrected chi connectivity index (χ0v) is 12.0. The number of nitriles is 1. The fourth-order valence-electron chi connectivity index (χ4n) is 2.15. The number of carbonyl (C=O) groups is 1. The molecule has 0 aromatic heterocycles. The average Bonchev–Trinajstić information content (AvgIpc) is 3.01. The predicted molar refractivity (Wildman–Crippen MR) is 78.8 cm³/mol. The lowest BCUT2D eigenvalue weighted by Gasteiger charge is -2.09. The van der Waals surface area contributed by atoms with Crippen LogP contribution in [0.25, 0.3) is 0 Å². The molecule has 2 rings (SSSR count). The van der Waals surface area contributed by atoms with Gasteiger partial charge in [0.05, 0.1) is 24.8 Å². The summed E-state index contributed by atoms with van der Waals surface area (Å²) in [5, 5.41) is 11.5. The number of anilines is 1. The second kappa shape index (κ2) is 8.40. The summed E-state index contributed by atoms with van der Waals surface area (Å²) in [5.41, 5.74) is 1.29.